The second-order valence-electron chi connectivity index (χ2n) is 5.27. The Labute approximate surface area is 119 Å². The van der Waals surface area contributed by atoms with Crippen LogP contribution in [0, 0.1) is 5.82 Å². The van der Waals surface area contributed by atoms with E-state index in [0.717, 1.165) is 24.0 Å². The van der Waals surface area contributed by atoms with Gasteiger partial charge in [0.15, 0.2) is 5.78 Å². The van der Waals surface area contributed by atoms with E-state index in [2.05, 4.69) is 0 Å². The molecule has 0 bridgehead atoms. The third-order valence-corrected chi connectivity index (χ3v) is 3.35. The predicted molar refractivity (Wildman–Crippen MR) is 67.6 cm³/mol. The standard InChI is InChI=1S/C14H15F4NO2/c1-8(20)12-5-10(15)4-9(13(12)21)6-19(11-2-3-11)7-14(16,17)18/h4-5,11,21H,2-3,6-7H2,1H3. The number of Topliss-reactive ketones (excluding diaryl/α,β-unsaturated/α-hetero) is 1. The SMILES string of the molecule is CC(=O)c1cc(F)cc(CN(CC(F)(F)F)C2CC2)c1O. The van der Waals surface area contributed by atoms with Gasteiger partial charge in [-0.05, 0) is 31.9 Å². The van der Waals surface area contributed by atoms with Crippen LogP contribution >= 0.6 is 0 Å². The van der Waals surface area contributed by atoms with Crippen LogP contribution in [-0.4, -0.2) is 34.6 Å². The van der Waals surface area contributed by atoms with Crippen LogP contribution in [0.25, 0.3) is 0 Å². The Hall–Kier alpha value is -1.63. The number of nitrogens with zero attached hydrogens (tertiary/aromatic N) is 1. The lowest BCUT2D eigenvalue weighted by Gasteiger charge is -2.24. The molecule has 0 atom stereocenters. The van der Waals surface area contributed by atoms with Gasteiger partial charge in [0.05, 0.1) is 12.1 Å². The number of hydrogen-bond acceptors (Lipinski definition) is 3. The zero-order valence-electron chi connectivity index (χ0n) is 11.4. The van der Waals surface area contributed by atoms with Crippen LogP contribution in [0.5, 0.6) is 5.75 Å². The molecule has 1 N–H and O–H groups in total. The van der Waals surface area contributed by atoms with Gasteiger partial charge in [-0.3, -0.25) is 9.69 Å². The van der Waals surface area contributed by atoms with Crippen molar-refractivity contribution in [3.05, 3.63) is 29.1 Å². The first-order valence-electron chi connectivity index (χ1n) is 6.50. The summed E-state index contributed by atoms with van der Waals surface area (Å²) in [7, 11) is 0. The Bertz CT molecular complexity index is 553. The summed E-state index contributed by atoms with van der Waals surface area (Å²) < 4.78 is 51.1. The molecule has 116 valence electrons. The van der Waals surface area contributed by atoms with Crippen molar-refractivity contribution in [3.8, 4) is 5.75 Å². The second-order valence-corrected chi connectivity index (χ2v) is 5.27. The van der Waals surface area contributed by atoms with E-state index in [1.54, 1.807) is 0 Å². The molecule has 1 aliphatic rings. The van der Waals surface area contributed by atoms with Crippen molar-refractivity contribution in [2.24, 2.45) is 0 Å². The molecule has 0 amide bonds. The number of halogens is 4. The molecule has 0 unspecified atom stereocenters. The van der Waals surface area contributed by atoms with E-state index in [4.69, 9.17) is 0 Å². The summed E-state index contributed by atoms with van der Waals surface area (Å²) in [6, 6.07) is 1.63. The Balaban J connectivity index is 2.26. The number of benzene rings is 1. The molecular weight excluding hydrogens is 290 g/mol. The Morgan fingerprint density at radius 2 is 2.00 bits per heavy atom. The lowest BCUT2D eigenvalue weighted by Crippen LogP contribution is -2.35. The summed E-state index contributed by atoms with van der Waals surface area (Å²) >= 11 is 0. The highest BCUT2D eigenvalue weighted by atomic mass is 19.4. The molecule has 1 aliphatic carbocycles. The van der Waals surface area contributed by atoms with Gasteiger partial charge in [0.1, 0.15) is 11.6 Å². The summed E-state index contributed by atoms with van der Waals surface area (Å²) in [6.45, 7) is -0.205. The van der Waals surface area contributed by atoms with E-state index < -0.39 is 30.1 Å². The van der Waals surface area contributed by atoms with Crippen LogP contribution in [0.4, 0.5) is 17.6 Å². The van der Waals surface area contributed by atoms with Gasteiger partial charge in [-0.2, -0.15) is 13.2 Å². The molecule has 21 heavy (non-hydrogen) atoms. The first kappa shape index (κ1) is 15.8. The topological polar surface area (TPSA) is 40.5 Å². The minimum absolute atomic E-state index is 0.00338. The zero-order valence-corrected chi connectivity index (χ0v) is 11.4. The fraction of sp³-hybridized carbons (Fsp3) is 0.500. The van der Waals surface area contributed by atoms with Gasteiger partial charge >= 0.3 is 6.18 Å². The van der Waals surface area contributed by atoms with Gasteiger partial charge in [0.2, 0.25) is 0 Å². The molecular formula is C14H15F4NO2. The van der Waals surface area contributed by atoms with Crippen molar-refractivity contribution in [3.63, 3.8) is 0 Å². The fourth-order valence-corrected chi connectivity index (χ4v) is 2.25. The maximum atomic E-state index is 13.5. The normalized spacial score (nSPS) is 15.5. The number of carbonyl (C=O) groups excluding carboxylic acids is 1. The lowest BCUT2D eigenvalue weighted by molar-refractivity contribution is -0.148. The summed E-state index contributed by atoms with van der Waals surface area (Å²) in [6.07, 6.45) is -3.08. The summed E-state index contributed by atoms with van der Waals surface area (Å²) in [5.41, 5.74) is -0.218. The molecule has 1 aromatic carbocycles. The van der Waals surface area contributed by atoms with Gasteiger partial charge < -0.3 is 5.11 Å². The van der Waals surface area contributed by atoms with Crippen LogP contribution < -0.4 is 0 Å². The highest BCUT2D eigenvalue weighted by molar-refractivity contribution is 5.97. The van der Waals surface area contributed by atoms with E-state index >= 15 is 0 Å². The van der Waals surface area contributed by atoms with Crippen LogP contribution in [0.3, 0.4) is 0 Å². The summed E-state index contributed by atoms with van der Waals surface area (Å²) in [5.74, 6) is -1.74. The van der Waals surface area contributed by atoms with E-state index in [1.165, 1.54) is 0 Å². The van der Waals surface area contributed by atoms with Gasteiger partial charge in [-0.1, -0.05) is 0 Å². The molecule has 2 rings (SSSR count). The summed E-state index contributed by atoms with van der Waals surface area (Å²) in [5, 5.41) is 9.94. The van der Waals surface area contributed by atoms with E-state index in [9.17, 15) is 27.5 Å². The minimum atomic E-state index is -4.37. The third-order valence-electron chi connectivity index (χ3n) is 3.35. The number of ketones is 1. The number of rotatable bonds is 5. The first-order valence-corrected chi connectivity index (χ1v) is 6.50. The Morgan fingerprint density at radius 3 is 2.48 bits per heavy atom. The molecule has 0 spiro atoms. The van der Waals surface area contributed by atoms with Crippen molar-refractivity contribution in [2.45, 2.75) is 38.5 Å². The van der Waals surface area contributed by atoms with Crippen molar-refractivity contribution in [1.29, 1.82) is 0 Å². The average molecular weight is 305 g/mol. The fourth-order valence-electron chi connectivity index (χ4n) is 2.25. The van der Waals surface area contributed by atoms with Crippen LogP contribution in [0.15, 0.2) is 12.1 Å². The van der Waals surface area contributed by atoms with Crippen LogP contribution in [0.2, 0.25) is 0 Å². The molecule has 0 radical (unpaired) electrons. The Morgan fingerprint density at radius 1 is 1.38 bits per heavy atom. The molecule has 1 aromatic rings. The maximum absolute atomic E-state index is 13.5. The van der Waals surface area contributed by atoms with Crippen molar-refractivity contribution in [2.75, 3.05) is 6.54 Å². The summed E-state index contributed by atoms with van der Waals surface area (Å²) in [4.78, 5) is 12.5. The predicted octanol–water partition coefficient (Wildman–Crippen LogP) is 3.26. The number of phenols is 1. The second kappa shape index (κ2) is 5.63. The molecule has 7 heteroatoms. The van der Waals surface area contributed by atoms with E-state index in [0.29, 0.717) is 12.8 Å². The molecule has 0 aliphatic heterocycles. The molecule has 1 fully saturated rings. The van der Waals surface area contributed by atoms with Gasteiger partial charge in [0, 0.05) is 18.2 Å². The average Bonchev–Trinajstić information content (AvgIpc) is 3.14. The molecule has 0 aromatic heterocycles. The van der Waals surface area contributed by atoms with Gasteiger partial charge in [0.25, 0.3) is 0 Å². The highest BCUT2D eigenvalue weighted by Crippen LogP contribution is 2.34. The molecule has 3 nitrogen and oxygen atoms in total. The number of hydrogen-bond donors (Lipinski definition) is 1. The van der Waals surface area contributed by atoms with Gasteiger partial charge in [-0.15, -0.1) is 0 Å². The van der Waals surface area contributed by atoms with Crippen molar-refractivity contribution >= 4 is 5.78 Å². The van der Waals surface area contributed by atoms with E-state index in [-0.39, 0.29) is 23.7 Å². The molecule has 0 saturated heterocycles. The van der Waals surface area contributed by atoms with Crippen LogP contribution in [-0.2, 0) is 6.54 Å². The Kier molecular flexibility index (Phi) is 4.22. The smallest absolute Gasteiger partial charge is 0.401 e. The van der Waals surface area contributed by atoms with Crippen LogP contribution in [0.1, 0.15) is 35.7 Å². The third kappa shape index (κ3) is 4.17. The number of aromatic hydroxyl groups is 1. The largest absolute Gasteiger partial charge is 0.507 e. The lowest BCUT2D eigenvalue weighted by atomic mass is 10.0. The first-order chi connectivity index (χ1) is 9.67. The highest BCUT2D eigenvalue weighted by Gasteiger charge is 2.38. The number of alkyl halides is 3. The van der Waals surface area contributed by atoms with E-state index in [1.807, 2.05) is 0 Å². The molecule has 1 saturated carbocycles. The molecule has 0 heterocycles. The zero-order chi connectivity index (χ0) is 15.8. The maximum Gasteiger partial charge on any atom is 0.401 e. The number of phenolic OH excluding ortho intramolecular Hbond substituents is 1. The number of carbonyl (C=O) groups is 1. The van der Waals surface area contributed by atoms with Gasteiger partial charge in [-0.25, -0.2) is 4.39 Å². The minimum Gasteiger partial charge on any atom is -0.507 e. The van der Waals surface area contributed by atoms with Crippen molar-refractivity contribution in [1.82, 2.24) is 4.90 Å². The van der Waals surface area contributed by atoms with Crippen molar-refractivity contribution < 1.29 is 27.5 Å². The quantitative estimate of drug-likeness (QED) is 0.670. The monoisotopic (exact) mass is 305 g/mol.